The molecular formula is C15H16ClN3OS. The first kappa shape index (κ1) is 14.4. The minimum Gasteiger partial charge on any atom is -0.330 e. The molecule has 3 rings (SSSR count). The maximum Gasteiger partial charge on any atom is 0.256 e. The Kier molecular flexibility index (Phi) is 4.14. The Morgan fingerprint density at radius 1 is 1.43 bits per heavy atom. The SMILES string of the molecule is NNc1ccc(Cl)cc1C(=O)N(Cc1cccs1)C1CC1. The van der Waals surface area contributed by atoms with Crippen molar-refractivity contribution in [3.63, 3.8) is 0 Å². The molecule has 0 aliphatic heterocycles. The second-order valence-electron chi connectivity index (χ2n) is 5.08. The summed E-state index contributed by atoms with van der Waals surface area (Å²) in [6.45, 7) is 0.637. The smallest absolute Gasteiger partial charge is 0.256 e. The summed E-state index contributed by atoms with van der Waals surface area (Å²) in [5, 5.41) is 2.56. The van der Waals surface area contributed by atoms with Gasteiger partial charge in [-0.05, 0) is 42.5 Å². The number of nitrogens with two attached hydrogens (primary N) is 1. The van der Waals surface area contributed by atoms with Crippen molar-refractivity contribution in [2.75, 3.05) is 5.43 Å². The number of anilines is 1. The number of carbonyl (C=O) groups is 1. The summed E-state index contributed by atoms with van der Waals surface area (Å²) in [6.07, 6.45) is 2.12. The standard InChI is InChI=1S/C15H16ClN3OS/c16-10-3-6-14(18-17)13(8-10)15(20)19(11-4-5-11)9-12-2-1-7-21-12/h1-3,6-8,11,18H,4-5,9,17H2. The van der Waals surface area contributed by atoms with Crippen LogP contribution in [0.25, 0.3) is 0 Å². The summed E-state index contributed by atoms with van der Waals surface area (Å²) in [7, 11) is 0. The van der Waals surface area contributed by atoms with E-state index in [0.29, 0.717) is 28.9 Å². The zero-order valence-corrected chi connectivity index (χ0v) is 13.0. The number of benzene rings is 1. The lowest BCUT2D eigenvalue weighted by atomic mass is 10.1. The van der Waals surface area contributed by atoms with Crippen LogP contribution < -0.4 is 11.3 Å². The molecule has 6 heteroatoms. The van der Waals surface area contributed by atoms with Crippen LogP contribution in [0.15, 0.2) is 35.7 Å². The number of thiophene rings is 1. The first-order chi connectivity index (χ1) is 10.2. The summed E-state index contributed by atoms with van der Waals surface area (Å²) in [5.41, 5.74) is 3.69. The first-order valence-electron chi connectivity index (χ1n) is 6.78. The second-order valence-corrected chi connectivity index (χ2v) is 6.55. The quantitative estimate of drug-likeness (QED) is 0.654. The predicted octanol–water partition coefficient (Wildman–Crippen LogP) is 3.49. The molecule has 1 heterocycles. The summed E-state index contributed by atoms with van der Waals surface area (Å²) < 4.78 is 0. The van der Waals surface area contributed by atoms with E-state index in [1.54, 1.807) is 29.5 Å². The van der Waals surface area contributed by atoms with E-state index in [2.05, 4.69) is 5.43 Å². The molecule has 4 nitrogen and oxygen atoms in total. The van der Waals surface area contributed by atoms with Crippen molar-refractivity contribution in [3.05, 3.63) is 51.2 Å². The summed E-state index contributed by atoms with van der Waals surface area (Å²) in [4.78, 5) is 16.0. The van der Waals surface area contributed by atoms with E-state index in [1.807, 2.05) is 22.4 Å². The molecule has 0 unspecified atom stereocenters. The summed E-state index contributed by atoms with van der Waals surface area (Å²) in [5.74, 6) is 5.48. The fraction of sp³-hybridized carbons (Fsp3) is 0.267. The monoisotopic (exact) mass is 321 g/mol. The van der Waals surface area contributed by atoms with Gasteiger partial charge < -0.3 is 10.3 Å². The van der Waals surface area contributed by atoms with Gasteiger partial charge in [0.2, 0.25) is 0 Å². The second kappa shape index (κ2) is 6.05. The van der Waals surface area contributed by atoms with Gasteiger partial charge in [0.1, 0.15) is 0 Å². The maximum atomic E-state index is 12.9. The summed E-state index contributed by atoms with van der Waals surface area (Å²) in [6, 6.07) is 9.49. The van der Waals surface area contributed by atoms with Crippen LogP contribution in [0, 0.1) is 0 Å². The van der Waals surface area contributed by atoms with Gasteiger partial charge in [-0.15, -0.1) is 11.3 Å². The van der Waals surface area contributed by atoms with Gasteiger partial charge in [0.15, 0.2) is 0 Å². The van der Waals surface area contributed by atoms with Crippen molar-refractivity contribution in [1.82, 2.24) is 4.90 Å². The predicted molar refractivity (Wildman–Crippen MR) is 86.5 cm³/mol. The van der Waals surface area contributed by atoms with Gasteiger partial charge in [0.05, 0.1) is 17.8 Å². The van der Waals surface area contributed by atoms with Crippen LogP contribution in [-0.2, 0) is 6.54 Å². The van der Waals surface area contributed by atoms with Crippen LogP contribution in [0.3, 0.4) is 0 Å². The number of nitrogen functional groups attached to an aromatic ring is 1. The number of hydrazine groups is 1. The van der Waals surface area contributed by atoms with Crippen molar-refractivity contribution in [2.45, 2.75) is 25.4 Å². The maximum absolute atomic E-state index is 12.9. The van der Waals surface area contributed by atoms with Crippen molar-refractivity contribution >= 4 is 34.5 Å². The molecule has 21 heavy (non-hydrogen) atoms. The molecule has 1 aromatic carbocycles. The van der Waals surface area contributed by atoms with E-state index in [1.165, 1.54) is 4.88 Å². The highest BCUT2D eigenvalue weighted by Gasteiger charge is 2.34. The highest BCUT2D eigenvalue weighted by Crippen LogP contribution is 2.32. The Bertz CT molecular complexity index is 640. The molecular weight excluding hydrogens is 306 g/mol. The first-order valence-corrected chi connectivity index (χ1v) is 8.04. The van der Waals surface area contributed by atoms with Gasteiger partial charge in [-0.3, -0.25) is 10.6 Å². The minimum atomic E-state index is -0.0265. The van der Waals surface area contributed by atoms with E-state index >= 15 is 0 Å². The largest absolute Gasteiger partial charge is 0.330 e. The van der Waals surface area contributed by atoms with E-state index in [9.17, 15) is 4.79 Å². The normalized spacial score (nSPS) is 14.0. The molecule has 1 amide bonds. The number of halogens is 1. The molecule has 2 aromatic rings. The fourth-order valence-corrected chi connectivity index (χ4v) is 3.17. The van der Waals surface area contributed by atoms with Crippen LogP contribution in [0.2, 0.25) is 5.02 Å². The van der Waals surface area contributed by atoms with Gasteiger partial charge in [-0.1, -0.05) is 17.7 Å². The Morgan fingerprint density at radius 3 is 2.86 bits per heavy atom. The van der Waals surface area contributed by atoms with E-state index in [0.717, 1.165) is 12.8 Å². The van der Waals surface area contributed by atoms with Gasteiger partial charge >= 0.3 is 0 Å². The Hall–Kier alpha value is -1.56. The molecule has 3 N–H and O–H groups in total. The average Bonchev–Trinajstić information content (AvgIpc) is 3.20. The number of nitrogens with one attached hydrogen (secondary N) is 1. The molecule has 1 aliphatic rings. The fourth-order valence-electron chi connectivity index (χ4n) is 2.30. The van der Waals surface area contributed by atoms with Crippen molar-refractivity contribution in [2.24, 2.45) is 5.84 Å². The molecule has 1 saturated carbocycles. The highest BCUT2D eigenvalue weighted by molar-refractivity contribution is 7.09. The third-order valence-corrected chi connectivity index (χ3v) is 4.62. The van der Waals surface area contributed by atoms with Crippen molar-refractivity contribution < 1.29 is 4.79 Å². The minimum absolute atomic E-state index is 0.0265. The molecule has 1 aromatic heterocycles. The third-order valence-electron chi connectivity index (χ3n) is 3.52. The lowest BCUT2D eigenvalue weighted by Crippen LogP contribution is -2.33. The highest BCUT2D eigenvalue weighted by atomic mass is 35.5. The molecule has 110 valence electrons. The third kappa shape index (κ3) is 3.20. The molecule has 0 atom stereocenters. The number of amides is 1. The van der Waals surface area contributed by atoms with E-state index in [4.69, 9.17) is 17.4 Å². The van der Waals surface area contributed by atoms with Crippen LogP contribution in [-0.4, -0.2) is 16.8 Å². The Morgan fingerprint density at radius 2 is 2.24 bits per heavy atom. The van der Waals surface area contributed by atoms with E-state index < -0.39 is 0 Å². The molecule has 0 radical (unpaired) electrons. The topological polar surface area (TPSA) is 58.4 Å². The lowest BCUT2D eigenvalue weighted by Gasteiger charge is -2.23. The lowest BCUT2D eigenvalue weighted by molar-refractivity contribution is 0.0732. The zero-order chi connectivity index (χ0) is 14.8. The van der Waals surface area contributed by atoms with Crippen LogP contribution >= 0.6 is 22.9 Å². The number of hydrogen-bond acceptors (Lipinski definition) is 4. The number of nitrogens with zero attached hydrogens (tertiary/aromatic N) is 1. The number of carbonyl (C=O) groups excluding carboxylic acids is 1. The summed E-state index contributed by atoms with van der Waals surface area (Å²) >= 11 is 7.69. The van der Waals surface area contributed by atoms with Gasteiger partial charge in [-0.2, -0.15) is 0 Å². The Balaban J connectivity index is 1.89. The van der Waals surface area contributed by atoms with Crippen molar-refractivity contribution in [3.8, 4) is 0 Å². The van der Waals surface area contributed by atoms with Crippen molar-refractivity contribution in [1.29, 1.82) is 0 Å². The number of rotatable bonds is 5. The van der Waals surface area contributed by atoms with Crippen LogP contribution in [0.1, 0.15) is 28.1 Å². The average molecular weight is 322 g/mol. The number of hydrogen-bond donors (Lipinski definition) is 2. The molecule has 0 bridgehead atoms. The van der Waals surface area contributed by atoms with Crippen LogP contribution in [0.5, 0.6) is 0 Å². The van der Waals surface area contributed by atoms with Crippen LogP contribution in [0.4, 0.5) is 5.69 Å². The molecule has 1 fully saturated rings. The molecule has 0 spiro atoms. The Labute approximate surface area is 132 Å². The van der Waals surface area contributed by atoms with Gasteiger partial charge in [0.25, 0.3) is 5.91 Å². The van der Waals surface area contributed by atoms with E-state index in [-0.39, 0.29) is 5.91 Å². The molecule has 0 saturated heterocycles. The van der Waals surface area contributed by atoms with Gasteiger partial charge in [0, 0.05) is 15.9 Å². The zero-order valence-electron chi connectivity index (χ0n) is 11.4. The van der Waals surface area contributed by atoms with Gasteiger partial charge in [-0.25, -0.2) is 0 Å². The molecule has 1 aliphatic carbocycles.